The van der Waals surface area contributed by atoms with Crippen molar-refractivity contribution in [2.75, 3.05) is 0 Å². The first-order valence-corrected chi connectivity index (χ1v) is 6.99. The quantitative estimate of drug-likeness (QED) is 0.823. The van der Waals surface area contributed by atoms with Crippen molar-refractivity contribution in [3.05, 3.63) is 35.1 Å². The third kappa shape index (κ3) is 2.12. The highest BCUT2D eigenvalue weighted by Crippen LogP contribution is 2.31. The van der Waals surface area contributed by atoms with Gasteiger partial charge in [0.15, 0.2) is 10.6 Å². The van der Waals surface area contributed by atoms with Gasteiger partial charge in [-0.25, -0.2) is 0 Å². The first-order chi connectivity index (χ1) is 8.86. The van der Waals surface area contributed by atoms with Gasteiger partial charge in [-0.05, 0) is 25.1 Å². The third-order valence-electron chi connectivity index (χ3n) is 3.68. The van der Waals surface area contributed by atoms with Gasteiger partial charge in [0, 0.05) is 11.6 Å². The number of H-pyrrole nitrogens is 1. The molecule has 0 saturated heterocycles. The van der Waals surface area contributed by atoms with Gasteiger partial charge in [0.05, 0.1) is 0 Å². The molecular weight excluding hydrogens is 242 g/mol. The van der Waals surface area contributed by atoms with Crippen molar-refractivity contribution >= 4 is 12.2 Å². The average Bonchev–Trinajstić information content (AvgIpc) is 2.83. The van der Waals surface area contributed by atoms with E-state index in [1.54, 1.807) is 0 Å². The van der Waals surface area contributed by atoms with Crippen LogP contribution in [0.25, 0.3) is 11.4 Å². The van der Waals surface area contributed by atoms with E-state index in [-0.39, 0.29) is 0 Å². The summed E-state index contributed by atoms with van der Waals surface area (Å²) in [5, 5.41) is 7.36. The van der Waals surface area contributed by atoms with E-state index in [9.17, 15) is 0 Å². The molecule has 0 aliphatic heterocycles. The first-order valence-electron chi connectivity index (χ1n) is 6.58. The highest BCUT2D eigenvalue weighted by Gasteiger charge is 2.20. The van der Waals surface area contributed by atoms with Crippen LogP contribution in [0.4, 0.5) is 0 Å². The maximum atomic E-state index is 5.40. The van der Waals surface area contributed by atoms with Gasteiger partial charge in [-0.3, -0.25) is 9.67 Å². The second kappa shape index (κ2) is 5.06. The Bertz CT molecular complexity index is 564. The predicted octanol–water partition coefficient (Wildman–Crippen LogP) is 4.11. The number of aromatic nitrogens is 3. The van der Waals surface area contributed by atoms with Crippen molar-refractivity contribution in [1.82, 2.24) is 14.8 Å². The average molecular weight is 259 g/mol. The van der Waals surface area contributed by atoms with Crippen LogP contribution in [0, 0.1) is 4.77 Å². The molecule has 2 aromatic rings. The number of hydrogen-bond acceptors (Lipinski definition) is 2. The fourth-order valence-electron chi connectivity index (χ4n) is 2.77. The van der Waals surface area contributed by atoms with E-state index in [0.717, 1.165) is 16.2 Å². The highest BCUT2D eigenvalue weighted by molar-refractivity contribution is 7.71. The lowest BCUT2D eigenvalue weighted by Gasteiger charge is -2.24. The van der Waals surface area contributed by atoms with Gasteiger partial charge in [0.25, 0.3) is 0 Å². The molecule has 1 fully saturated rings. The molecule has 1 aromatic carbocycles. The Morgan fingerprint density at radius 2 is 1.83 bits per heavy atom. The maximum Gasteiger partial charge on any atom is 0.195 e. The van der Waals surface area contributed by atoms with Crippen LogP contribution in [-0.4, -0.2) is 14.8 Å². The van der Waals surface area contributed by atoms with Crippen molar-refractivity contribution in [1.29, 1.82) is 0 Å². The van der Waals surface area contributed by atoms with Gasteiger partial charge in [0.2, 0.25) is 0 Å². The van der Waals surface area contributed by atoms with Crippen LogP contribution in [0.5, 0.6) is 0 Å². The fraction of sp³-hybridized carbons (Fsp3) is 0.429. The van der Waals surface area contributed by atoms with Crippen molar-refractivity contribution in [3.63, 3.8) is 0 Å². The van der Waals surface area contributed by atoms with E-state index in [1.165, 1.54) is 32.1 Å². The number of aromatic amines is 1. The Hall–Kier alpha value is -1.42. The minimum atomic E-state index is 0.514. The van der Waals surface area contributed by atoms with Crippen molar-refractivity contribution in [2.45, 2.75) is 38.1 Å². The van der Waals surface area contributed by atoms with Crippen LogP contribution < -0.4 is 0 Å². The van der Waals surface area contributed by atoms with E-state index < -0.39 is 0 Å². The SMILES string of the molecule is S=c1[nH]nc(-c2ccccc2)n1C1CCCCC1. The molecule has 1 aromatic heterocycles. The zero-order chi connectivity index (χ0) is 12.4. The summed E-state index contributed by atoms with van der Waals surface area (Å²) in [5.41, 5.74) is 1.13. The molecule has 0 radical (unpaired) electrons. The number of benzene rings is 1. The number of nitrogens with one attached hydrogen (secondary N) is 1. The molecule has 0 atom stereocenters. The number of rotatable bonds is 2. The molecule has 18 heavy (non-hydrogen) atoms. The first kappa shape index (κ1) is 11.7. The lowest BCUT2D eigenvalue weighted by molar-refractivity contribution is 0.352. The minimum Gasteiger partial charge on any atom is -0.297 e. The molecule has 4 heteroatoms. The van der Waals surface area contributed by atoms with Crippen LogP contribution in [0.2, 0.25) is 0 Å². The molecular formula is C14H17N3S. The Morgan fingerprint density at radius 3 is 2.56 bits per heavy atom. The second-order valence-electron chi connectivity index (χ2n) is 4.88. The lowest BCUT2D eigenvalue weighted by Crippen LogP contribution is -2.14. The molecule has 0 bridgehead atoms. The van der Waals surface area contributed by atoms with Crippen molar-refractivity contribution in [3.8, 4) is 11.4 Å². The van der Waals surface area contributed by atoms with E-state index in [4.69, 9.17) is 12.2 Å². The van der Waals surface area contributed by atoms with Crippen LogP contribution >= 0.6 is 12.2 Å². The van der Waals surface area contributed by atoms with Gasteiger partial charge in [0.1, 0.15) is 0 Å². The molecule has 1 aliphatic carbocycles. The normalized spacial score (nSPS) is 16.9. The molecule has 94 valence electrons. The zero-order valence-electron chi connectivity index (χ0n) is 10.3. The molecule has 1 N–H and O–H groups in total. The third-order valence-corrected chi connectivity index (χ3v) is 3.96. The summed E-state index contributed by atoms with van der Waals surface area (Å²) in [6.45, 7) is 0. The topological polar surface area (TPSA) is 33.6 Å². The molecule has 0 unspecified atom stereocenters. The largest absolute Gasteiger partial charge is 0.297 e. The summed E-state index contributed by atoms with van der Waals surface area (Å²) >= 11 is 5.40. The van der Waals surface area contributed by atoms with E-state index in [1.807, 2.05) is 18.2 Å². The van der Waals surface area contributed by atoms with E-state index in [2.05, 4.69) is 26.9 Å². The Labute approximate surface area is 112 Å². The maximum absolute atomic E-state index is 5.40. The van der Waals surface area contributed by atoms with Crippen LogP contribution in [0.1, 0.15) is 38.1 Å². The molecule has 1 aliphatic rings. The smallest absolute Gasteiger partial charge is 0.195 e. The minimum absolute atomic E-state index is 0.514. The summed E-state index contributed by atoms with van der Waals surface area (Å²) in [5.74, 6) is 0.979. The summed E-state index contributed by atoms with van der Waals surface area (Å²) in [4.78, 5) is 0. The molecule has 3 rings (SSSR count). The fourth-order valence-corrected chi connectivity index (χ4v) is 3.05. The van der Waals surface area contributed by atoms with Gasteiger partial charge >= 0.3 is 0 Å². The monoisotopic (exact) mass is 259 g/mol. The Balaban J connectivity index is 2.03. The Morgan fingerprint density at radius 1 is 1.11 bits per heavy atom. The summed E-state index contributed by atoms with van der Waals surface area (Å²) in [7, 11) is 0. The molecule has 1 heterocycles. The van der Waals surface area contributed by atoms with Gasteiger partial charge < -0.3 is 0 Å². The zero-order valence-corrected chi connectivity index (χ0v) is 11.1. The van der Waals surface area contributed by atoms with Gasteiger partial charge in [-0.2, -0.15) is 5.10 Å². The molecule has 3 nitrogen and oxygen atoms in total. The predicted molar refractivity (Wildman–Crippen MR) is 75.0 cm³/mol. The standard InChI is InChI=1S/C14H17N3S/c18-14-16-15-13(11-7-3-1-4-8-11)17(14)12-9-5-2-6-10-12/h1,3-4,7-8,12H,2,5-6,9-10H2,(H,16,18). The van der Waals surface area contributed by atoms with Crippen LogP contribution in [0.15, 0.2) is 30.3 Å². The van der Waals surface area contributed by atoms with Crippen LogP contribution in [-0.2, 0) is 0 Å². The van der Waals surface area contributed by atoms with Crippen molar-refractivity contribution in [2.24, 2.45) is 0 Å². The van der Waals surface area contributed by atoms with Crippen molar-refractivity contribution < 1.29 is 0 Å². The van der Waals surface area contributed by atoms with E-state index >= 15 is 0 Å². The van der Waals surface area contributed by atoms with Gasteiger partial charge in [-0.1, -0.05) is 49.6 Å². The molecule has 1 saturated carbocycles. The van der Waals surface area contributed by atoms with Crippen LogP contribution in [0.3, 0.4) is 0 Å². The molecule has 0 amide bonds. The summed E-state index contributed by atoms with van der Waals surface area (Å²) in [6.07, 6.45) is 6.38. The molecule has 0 spiro atoms. The Kier molecular flexibility index (Phi) is 3.28. The summed E-state index contributed by atoms with van der Waals surface area (Å²) < 4.78 is 2.96. The number of hydrogen-bond donors (Lipinski definition) is 1. The lowest BCUT2D eigenvalue weighted by atomic mass is 9.95. The summed E-state index contributed by atoms with van der Waals surface area (Å²) in [6, 6.07) is 10.8. The van der Waals surface area contributed by atoms with E-state index in [0.29, 0.717) is 6.04 Å². The van der Waals surface area contributed by atoms with Gasteiger partial charge in [-0.15, -0.1) is 0 Å². The second-order valence-corrected chi connectivity index (χ2v) is 5.27. The highest BCUT2D eigenvalue weighted by atomic mass is 32.1. The number of nitrogens with zero attached hydrogens (tertiary/aromatic N) is 2.